The lowest BCUT2D eigenvalue weighted by atomic mass is 9.99. The standard InChI is InChI=1S/C23H24N6/c1-15-5-7-18(8-6-15)22(19-9-12-24-13-10-19)27-23-25-14-11-20(26-23)21-16(2)28-29(4)17(21)3/h5-14,22H,1-4H3,(H,25,26,27)/t22-/m0/s1. The molecule has 0 amide bonds. The number of aryl methyl sites for hydroxylation is 3. The van der Waals surface area contributed by atoms with Crippen LogP contribution in [-0.2, 0) is 7.05 Å². The number of nitrogens with one attached hydrogen (secondary N) is 1. The monoisotopic (exact) mass is 384 g/mol. The lowest BCUT2D eigenvalue weighted by Crippen LogP contribution is -2.14. The van der Waals surface area contributed by atoms with E-state index in [1.807, 2.05) is 36.9 Å². The Hall–Kier alpha value is -3.54. The van der Waals surface area contributed by atoms with Gasteiger partial charge in [-0.25, -0.2) is 9.97 Å². The Kier molecular flexibility index (Phi) is 5.08. The summed E-state index contributed by atoms with van der Waals surface area (Å²) in [5.41, 5.74) is 7.42. The smallest absolute Gasteiger partial charge is 0.223 e. The van der Waals surface area contributed by atoms with E-state index in [1.54, 1.807) is 18.6 Å². The SMILES string of the molecule is Cc1ccc([C@H](Nc2nccc(-c3c(C)nn(C)c3C)n2)c2ccncc2)cc1. The van der Waals surface area contributed by atoms with Crippen LogP contribution in [0.2, 0.25) is 0 Å². The third-order valence-electron chi connectivity index (χ3n) is 5.14. The molecule has 4 rings (SSSR count). The first-order chi connectivity index (χ1) is 14.0. The van der Waals surface area contributed by atoms with E-state index >= 15 is 0 Å². The van der Waals surface area contributed by atoms with Crippen LogP contribution in [0.5, 0.6) is 0 Å². The Morgan fingerprint density at radius 1 is 0.862 bits per heavy atom. The van der Waals surface area contributed by atoms with Gasteiger partial charge in [-0.05, 0) is 50.1 Å². The summed E-state index contributed by atoms with van der Waals surface area (Å²) < 4.78 is 1.88. The molecule has 1 aromatic carbocycles. The van der Waals surface area contributed by atoms with Crippen molar-refractivity contribution in [2.45, 2.75) is 26.8 Å². The van der Waals surface area contributed by atoms with E-state index in [0.29, 0.717) is 5.95 Å². The van der Waals surface area contributed by atoms with Gasteiger partial charge in [0.2, 0.25) is 5.95 Å². The van der Waals surface area contributed by atoms with Gasteiger partial charge < -0.3 is 5.32 Å². The van der Waals surface area contributed by atoms with Crippen molar-refractivity contribution in [3.05, 3.63) is 89.1 Å². The fourth-order valence-electron chi connectivity index (χ4n) is 3.51. The first-order valence-corrected chi connectivity index (χ1v) is 9.59. The highest BCUT2D eigenvalue weighted by atomic mass is 15.3. The Bertz CT molecular complexity index is 1120. The number of pyridine rings is 1. The van der Waals surface area contributed by atoms with Crippen molar-refractivity contribution in [1.29, 1.82) is 0 Å². The lowest BCUT2D eigenvalue weighted by molar-refractivity contribution is 0.731. The lowest BCUT2D eigenvalue weighted by Gasteiger charge is -2.20. The van der Waals surface area contributed by atoms with Gasteiger partial charge in [-0.2, -0.15) is 5.10 Å². The van der Waals surface area contributed by atoms with Gasteiger partial charge in [-0.15, -0.1) is 0 Å². The molecule has 0 fully saturated rings. The second-order valence-electron chi connectivity index (χ2n) is 7.20. The average Bonchev–Trinajstić information content (AvgIpc) is 2.99. The van der Waals surface area contributed by atoms with Gasteiger partial charge >= 0.3 is 0 Å². The van der Waals surface area contributed by atoms with Crippen LogP contribution in [0.15, 0.2) is 61.1 Å². The molecule has 0 saturated carbocycles. The molecule has 6 heteroatoms. The summed E-state index contributed by atoms with van der Waals surface area (Å²) in [6.07, 6.45) is 5.39. The van der Waals surface area contributed by atoms with E-state index in [1.165, 1.54) is 5.56 Å². The summed E-state index contributed by atoms with van der Waals surface area (Å²) in [6.45, 7) is 6.14. The second-order valence-corrected chi connectivity index (χ2v) is 7.20. The summed E-state index contributed by atoms with van der Waals surface area (Å²) in [5.74, 6) is 0.576. The fraction of sp³-hybridized carbons (Fsp3) is 0.217. The van der Waals surface area contributed by atoms with Crippen LogP contribution < -0.4 is 5.32 Å². The van der Waals surface area contributed by atoms with Crippen molar-refractivity contribution in [3.8, 4) is 11.3 Å². The van der Waals surface area contributed by atoms with Gasteiger partial charge in [0.1, 0.15) is 0 Å². The van der Waals surface area contributed by atoms with Crippen LogP contribution in [0.3, 0.4) is 0 Å². The molecule has 0 spiro atoms. The predicted octanol–water partition coefficient (Wildman–Crippen LogP) is 4.40. The quantitative estimate of drug-likeness (QED) is 0.552. The molecule has 146 valence electrons. The Morgan fingerprint density at radius 3 is 2.21 bits per heavy atom. The Labute approximate surface area is 170 Å². The zero-order valence-corrected chi connectivity index (χ0v) is 17.1. The highest BCUT2D eigenvalue weighted by molar-refractivity contribution is 5.65. The maximum atomic E-state index is 4.80. The summed E-state index contributed by atoms with van der Waals surface area (Å²) in [7, 11) is 1.95. The molecule has 3 heterocycles. The molecule has 1 N–H and O–H groups in total. The Balaban J connectivity index is 1.72. The molecule has 0 radical (unpaired) electrons. The largest absolute Gasteiger partial charge is 0.343 e. The topological polar surface area (TPSA) is 68.5 Å². The number of nitrogens with zero attached hydrogens (tertiary/aromatic N) is 5. The normalized spacial score (nSPS) is 12.0. The summed E-state index contributed by atoms with van der Waals surface area (Å²) >= 11 is 0. The maximum Gasteiger partial charge on any atom is 0.223 e. The Morgan fingerprint density at radius 2 is 1.55 bits per heavy atom. The summed E-state index contributed by atoms with van der Waals surface area (Å²) in [6, 6.07) is 14.4. The summed E-state index contributed by atoms with van der Waals surface area (Å²) in [4.78, 5) is 13.4. The average molecular weight is 384 g/mol. The van der Waals surface area contributed by atoms with E-state index in [9.17, 15) is 0 Å². The van der Waals surface area contributed by atoms with Gasteiger partial charge in [0.25, 0.3) is 0 Å². The number of hydrogen-bond acceptors (Lipinski definition) is 5. The van der Waals surface area contributed by atoms with Crippen molar-refractivity contribution in [3.63, 3.8) is 0 Å². The van der Waals surface area contributed by atoms with Crippen LogP contribution in [0.1, 0.15) is 34.1 Å². The van der Waals surface area contributed by atoms with Crippen molar-refractivity contribution in [2.75, 3.05) is 5.32 Å². The number of anilines is 1. The third-order valence-corrected chi connectivity index (χ3v) is 5.14. The molecule has 0 aliphatic rings. The van der Waals surface area contributed by atoms with E-state index in [-0.39, 0.29) is 6.04 Å². The van der Waals surface area contributed by atoms with Crippen LogP contribution in [0, 0.1) is 20.8 Å². The minimum atomic E-state index is -0.0788. The highest BCUT2D eigenvalue weighted by Crippen LogP contribution is 2.28. The van der Waals surface area contributed by atoms with Crippen molar-refractivity contribution >= 4 is 5.95 Å². The molecular formula is C23H24N6. The second kappa shape index (κ2) is 7.83. The molecule has 0 unspecified atom stereocenters. The van der Waals surface area contributed by atoms with Gasteiger partial charge in [0, 0.05) is 36.9 Å². The van der Waals surface area contributed by atoms with Gasteiger partial charge in [0.05, 0.1) is 17.4 Å². The van der Waals surface area contributed by atoms with Crippen molar-refractivity contribution in [1.82, 2.24) is 24.7 Å². The molecule has 0 aliphatic carbocycles. The fourth-order valence-corrected chi connectivity index (χ4v) is 3.51. The van der Waals surface area contributed by atoms with Gasteiger partial charge in [-0.3, -0.25) is 9.67 Å². The molecular weight excluding hydrogens is 360 g/mol. The molecule has 29 heavy (non-hydrogen) atoms. The molecule has 0 aliphatic heterocycles. The molecule has 6 nitrogen and oxygen atoms in total. The van der Waals surface area contributed by atoms with Crippen LogP contribution >= 0.6 is 0 Å². The molecule has 0 saturated heterocycles. The third kappa shape index (κ3) is 3.87. The molecule has 0 bridgehead atoms. The molecule has 4 aromatic rings. The van der Waals surface area contributed by atoms with E-state index in [4.69, 9.17) is 4.98 Å². The van der Waals surface area contributed by atoms with E-state index in [2.05, 4.69) is 58.5 Å². The van der Waals surface area contributed by atoms with E-state index < -0.39 is 0 Å². The van der Waals surface area contributed by atoms with E-state index in [0.717, 1.165) is 33.8 Å². The molecule has 1 atom stereocenters. The maximum absolute atomic E-state index is 4.80. The minimum Gasteiger partial charge on any atom is -0.343 e. The number of rotatable bonds is 5. The number of benzene rings is 1. The van der Waals surface area contributed by atoms with Crippen LogP contribution in [0.4, 0.5) is 5.95 Å². The van der Waals surface area contributed by atoms with Crippen LogP contribution in [0.25, 0.3) is 11.3 Å². The zero-order valence-electron chi connectivity index (χ0n) is 17.1. The number of hydrogen-bond donors (Lipinski definition) is 1. The summed E-state index contributed by atoms with van der Waals surface area (Å²) in [5, 5.41) is 8.02. The number of aromatic nitrogens is 5. The predicted molar refractivity (Wildman–Crippen MR) is 115 cm³/mol. The van der Waals surface area contributed by atoms with Crippen molar-refractivity contribution < 1.29 is 0 Å². The highest BCUT2D eigenvalue weighted by Gasteiger charge is 2.17. The zero-order chi connectivity index (χ0) is 20.4. The van der Waals surface area contributed by atoms with Gasteiger partial charge in [0.15, 0.2) is 0 Å². The molecule has 3 aromatic heterocycles. The van der Waals surface area contributed by atoms with Crippen LogP contribution in [-0.4, -0.2) is 24.7 Å². The minimum absolute atomic E-state index is 0.0788. The van der Waals surface area contributed by atoms with Crippen molar-refractivity contribution in [2.24, 2.45) is 7.05 Å². The van der Waals surface area contributed by atoms with Gasteiger partial charge in [-0.1, -0.05) is 29.8 Å². The first-order valence-electron chi connectivity index (χ1n) is 9.59. The first kappa shape index (κ1) is 18.8.